The van der Waals surface area contributed by atoms with E-state index in [1.807, 2.05) is 13.8 Å². The van der Waals surface area contributed by atoms with Gasteiger partial charge in [0, 0.05) is 13.1 Å². The molecule has 1 amide bonds. The first kappa shape index (κ1) is 12.4. The second-order valence-corrected chi connectivity index (χ2v) is 4.05. The van der Waals surface area contributed by atoms with Crippen molar-refractivity contribution in [1.29, 1.82) is 0 Å². The molecule has 4 heteroatoms. The molecule has 0 atom stereocenters. The summed E-state index contributed by atoms with van der Waals surface area (Å²) >= 11 is 0. The molecular weight excluding hydrogens is 206 g/mol. The zero-order valence-electron chi connectivity index (χ0n) is 9.80. The summed E-state index contributed by atoms with van der Waals surface area (Å²) in [6.07, 6.45) is -0.417. The van der Waals surface area contributed by atoms with Gasteiger partial charge in [-0.2, -0.15) is 0 Å². The zero-order chi connectivity index (χ0) is 12.1. The Hall–Kier alpha value is -1.71. The van der Waals surface area contributed by atoms with Gasteiger partial charge >= 0.3 is 6.09 Å². The average molecular weight is 223 g/mol. The van der Waals surface area contributed by atoms with E-state index in [2.05, 4.69) is 0 Å². The topological polar surface area (TPSA) is 49.8 Å². The molecule has 0 saturated heterocycles. The molecule has 1 N–H and O–H groups in total. The van der Waals surface area contributed by atoms with Gasteiger partial charge in [-0.05, 0) is 18.1 Å². The molecule has 0 aromatic heterocycles. The van der Waals surface area contributed by atoms with Gasteiger partial charge in [0.1, 0.15) is 5.75 Å². The molecule has 0 heterocycles. The highest BCUT2D eigenvalue weighted by Crippen LogP contribution is 2.19. The molecule has 0 bridgehead atoms. The third-order valence-corrected chi connectivity index (χ3v) is 2.03. The number of nitrogens with zero attached hydrogens (tertiary/aromatic N) is 1. The SMILES string of the molecule is CC(C)COC(=O)N(C)c1cccc(O)c1. The largest absolute Gasteiger partial charge is 0.508 e. The maximum atomic E-state index is 11.6. The Morgan fingerprint density at radius 1 is 1.50 bits per heavy atom. The van der Waals surface area contributed by atoms with Crippen molar-refractivity contribution in [3.63, 3.8) is 0 Å². The fourth-order valence-electron chi connectivity index (χ4n) is 1.14. The smallest absolute Gasteiger partial charge is 0.414 e. The van der Waals surface area contributed by atoms with Crippen LogP contribution in [-0.2, 0) is 4.74 Å². The van der Waals surface area contributed by atoms with Gasteiger partial charge < -0.3 is 9.84 Å². The van der Waals surface area contributed by atoms with Crippen molar-refractivity contribution in [2.24, 2.45) is 5.92 Å². The minimum Gasteiger partial charge on any atom is -0.508 e. The van der Waals surface area contributed by atoms with Crippen molar-refractivity contribution in [1.82, 2.24) is 0 Å². The van der Waals surface area contributed by atoms with Crippen molar-refractivity contribution in [3.05, 3.63) is 24.3 Å². The number of hydrogen-bond acceptors (Lipinski definition) is 3. The molecule has 1 aromatic carbocycles. The van der Waals surface area contributed by atoms with Gasteiger partial charge in [-0.25, -0.2) is 4.79 Å². The van der Waals surface area contributed by atoms with E-state index in [-0.39, 0.29) is 5.75 Å². The number of carbonyl (C=O) groups excluding carboxylic acids is 1. The molecule has 0 saturated carbocycles. The predicted molar refractivity (Wildman–Crippen MR) is 62.7 cm³/mol. The lowest BCUT2D eigenvalue weighted by molar-refractivity contribution is 0.141. The van der Waals surface area contributed by atoms with Gasteiger partial charge in [-0.3, -0.25) is 4.90 Å². The first-order chi connectivity index (χ1) is 7.50. The van der Waals surface area contributed by atoms with Crippen molar-refractivity contribution in [2.75, 3.05) is 18.6 Å². The molecule has 0 fully saturated rings. The normalized spacial score (nSPS) is 10.2. The van der Waals surface area contributed by atoms with Crippen LogP contribution in [0.2, 0.25) is 0 Å². The molecule has 0 spiro atoms. The standard InChI is InChI=1S/C12H17NO3/c1-9(2)8-16-12(15)13(3)10-5-4-6-11(14)7-10/h4-7,9,14H,8H2,1-3H3. The molecular formula is C12H17NO3. The van der Waals surface area contributed by atoms with Crippen LogP contribution in [0.4, 0.5) is 10.5 Å². The van der Waals surface area contributed by atoms with E-state index in [0.29, 0.717) is 18.2 Å². The third-order valence-electron chi connectivity index (χ3n) is 2.03. The molecule has 16 heavy (non-hydrogen) atoms. The number of amides is 1. The number of ether oxygens (including phenoxy) is 1. The number of hydrogen-bond donors (Lipinski definition) is 1. The van der Waals surface area contributed by atoms with Gasteiger partial charge in [0.2, 0.25) is 0 Å². The Kier molecular flexibility index (Phi) is 4.17. The van der Waals surface area contributed by atoms with Crippen LogP contribution in [0, 0.1) is 5.92 Å². The Balaban J connectivity index is 2.63. The van der Waals surface area contributed by atoms with Crippen molar-refractivity contribution in [2.45, 2.75) is 13.8 Å². The van der Waals surface area contributed by atoms with Gasteiger partial charge in [0.05, 0.1) is 12.3 Å². The molecule has 0 aliphatic carbocycles. The summed E-state index contributed by atoms with van der Waals surface area (Å²) in [4.78, 5) is 12.9. The summed E-state index contributed by atoms with van der Waals surface area (Å²) in [5.74, 6) is 0.433. The lowest BCUT2D eigenvalue weighted by Gasteiger charge is -2.17. The van der Waals surface area contributed by atoms with Crippen LogP contribution in [-0.4, -0.2) is 24.9 Å². The van der Waals surface area contributed by atoms with E-state index in [9.17, 15) is 9.90 Å². The summed E-state index contributed by atoms with van der Waals surface area (Å²) in [6.45, 7) is 4.34. The summed E-state index contributed by atoms with van der Waals surface area (Å²) < 4.78 is 5.06. The number of phenolic OH excluding ortho intramolecular Hbond substituents is 1. The van der Waals surface area contributed by atoms with E-state index >= 15 is 0 Å². The summed E-state index contributed by atoms with van der Waals surface area (Å²) in [6, 6.07) is 6.47. The number of anilines is 1. The highest BCUT2D eigenvalue weighted by Gasteiger charge is 2.12. The highest BCUT2D eigenvalue weighted by molar-refractivity contribution is 5.87. The van der Waals surface area contributed by atoms with E-state index in [1.165, 1.54) is 11.0 Å². The maximum Gasteiger partial charge on any atom is 0.414 e. The van der Waals surface area contributed by atoms with E-state index in [1.54, 1.807) is 25.2 Å². The molecule has 88 valence electrons. The van der Waals surface area contributed by atoms with Crippen LogP contribution in [0.5, 0.6) is 5.75 Å². The monoisotopic (exact) mass is 223 g/mol. The van der Waals surface area contributed by atoms with E-state index < -0.39 is 6.09 Å². The molecule has 1 aromatic rings. The highest BCUT2D eigenvalue weighted by atomic mass is 16.6. The number of carbonyl (C=O) groups is 1. The second-order valence-electron chi connectivity index (χ2n) is 4.05. The molecule has 0 radical (unpaired) electrons. The molecule has 0 aliphatic rings. The van der Waals surface area contributed by atoms with Crippen molar-refractivity contribution >= 4 is 11.8 Å². The van der Waals surface area contributed by atoms with Crippen LogP contribution in [0.25, 0.3) is 0 Å². The van der Waals surface area contributed by atoms with E-state index in [4.69, 9.17) is 4.74 Å². The van der Waals surface area contributed by atoms with Crippen molar-refractivity contribution < 1.29 is 14.6 Å². The summed E-state index contributed by atoms with van der Waals surface area (Å²) in [5, 5.41) is 9.28. The van der Waals surface area contributed by atoms with Crippen LogP contribution >= 0.6 is 0 Å². The van der Waals surface area contributed by atoms with Gasteiger partial charge in [0.25, 0.3) is 0 Å². The Bertz CT molecular complexity index is 363. The Labute approximate surface area is 95.5 Å². The first-order valence-electron chi connectivity index (χ1n) is 5.20. The Morgan fingerprint density at radius 3 is 2.75 bits per heavy atom. The number of aromatic hydroxyl groups is 1. The molecule has 4 nitrogen and oxygen atoms in total. The minimum atomic E-state index is -0.417. The van der Waals surface area contributed by atoms with Crippen LogP contribution in [0.1, 0.15) is 13.8 Å². The molecule has 1 rings (SSSR count). The molecule has 0 aliphatic heterocycles. The first-order valence-corrected chi connectivity index (χ1v) is 5.20. The zero-order valence-corrected chi connectivity index (χ0v) is 9.80. The summed E-state index contributed by atoms with van der Waals surface area (Å²) in [5.41, 5.74) is 0.605. The number of benzene rings is 1. The number of phenols is 1. The lowest BCUT2D eigenvalue weighted by Crippen LogP contribution is -2.28. The molecule has 0 unspecified atom stereocenters. The fourth-order valence-corrected chi connectivity index (χ4v) is 1.14. The predicted octanol–water partition coefficient (Wildman–Crippen LogP) is 2.62. The lowest BCUT2D eigenvalue weighted by atomic mass is 10.2. The minimum absolute atomic E-state index is 0.126. The van der Waals surface area contributed by atoms with Crippen molar-refractivity contribution in [3.8, 4) is 5.75 Å². The second kappa shape index (κ2) is 5.39. The van der Waals surface area contributed by atoms with Crippen LogP contribution in [0.3, 0.4) is 0 Å². The number of rotatable bonds is 3. The third kappa shape index (κ3) is 3.46. The average Bonchev–Trinajstić information content (AvgIpc) is 2.24. The van der Waals surface area contributed by atoms with E-state index in [0.717, 1.165) is 0 Å². The van der Waals surface area contributed by atoms with Crippen LogP contribution < -0.4 is 4.90 Å². The fraction of sp³-hybridized carbons (Fsp3) is 0.417. The van der Waals surface area contributed by atoms with Gasteiger partial charge in [-0.1, -0.05) is 19.9 Å². The maximum absolute atomic E-state index is 11.6. The van der Waals surface area contributed by atoms with Gasteiger partial charge in [-0.15, -0.1) is 0 Å². The van der Waals surface area contributed by atoms with Crippen LogP contribution in [0.15, 0.2) is 24.3 Å². The Morgan fingerprint density at radius 2 is 2.19 bits per heavy atom. The quantitative estimate of drug-likeness (QED) is 0.856. The summed E-state index contributed by atoms with van der Waals surface area (Å²) in [7, 11) is 1.61. The van der Waals surface area contributed by atoms with Gasteiger partial charge in [0.15, 0.2) is 0 Å².